The summed E-state index contributed by atoms with van der Waals surface area (Å²) in [6.07, 6.45) is 1.22. The molecule has 1 fully saturated rings. The molecule has 2 rings (SSSR count). The molecule has 0 saturated carbocycles. The Balaban J connectivity index is 1.94. The number of anilines is 1. The van der Waals surface area contributed by atoms with Gasteiger partial charge in [0.15, 0.2) is 0 Å². The number of nitrogens with zero attached hydrogens (tertiary/aromatic N) is 2. The van der Waals surface area contributed by atoms with Crippen LogP contribution in [0.3, 0.4) is 0 Å². The van der Waals surface area contributed by atoms with Crippen molar-refractivity contribution in [3.8, 4) is 0 Å². The number of hydrogen-bond donors (Lipinski definition) is 2. The highest BCUT2D eigenvalue weighted by molar-refractivity contribution is 5.33. The van der Waals surface area contributed by atoms with Gasteiger partial charge in [0, 0.05) is 25.1 Å². The van der Waals surface area contributed by atoms with E-state index in [9.17, 15) is 4.79 Å². The number of likely N-dealkylation sites (tertiary alicyclic amines) is 1. The normalized spacial score (nSPS) is 20.1. The first-order valence-corrected chi connectivity index (χ1v) is 7.16. The first kappa shape index (κ1) is 14.1. The van der Waals surface area contributed by atoms with Crippen molar-refractivity contribution in [2.45, 2.75) is 33.1 Å². The van der Waals surface area contributed by atoms with Gasteiger partial charge in [-0.1, -0.05) is 20.8 Å². The minimum atomic E-state index is -0.0807. The number of aromatic nitrogens is 2. The third kappa shape index (κ3) is 3.80. The number of hydrogen-bond acceptors (Lipinski definition) is 4. The summed E-state index contributed by atoms with van der Waals surface area (Å²) in [5.74, 6) is 2.33. The van der Waals surface area contributed by atoms with Gasteiger partial charge in [-0.15, -0.1) is 0 Å². The third-order valence-corrected chi connectivity index (χ3v) is 3.70. The first-order chi connectivity index (χ1) is 9.08. The minimum absolute atomic E-state index is 0.0807. The molecule has 1 aromatic rings. The lowest BCUT2D eigenvalue weighted by Crippen LogP contribution is -2.23. The Hall–Kier alpha value is -1.36. The zero-order valence-electron chi connectivity index (χ0n) is 12.1. The van der Waals surface area contributed by atoms with Gasteiger partial charge in [0.1, 0.15) is 11.6 Å². The van der Waals surface area contributed by atoms with Crippen molar-refractivity contribution in [1.29, 1.82) is 0 Å². The highest BCUT2D eigenvalue weighted by Crippen LogP contribution is 2.16. The van der Waals surface area contributed by atoms with E-state index in [4.69, 9.17) is 0 Å². The monoisotopic (exact) mass is 264 g/mol. The molecule has 2 heterocycles. The average molecular weight is 264 g/mol. The van der Waals surface area contributed by atoms with Crippen LogP contribution >= 0.6 is 0 Å². The van der Waals surface area contributed by atoms with E-state index in [0.29, 0.717) is 11.7 Å². The van der Waals surface area contributed by atoms with E-state index in [2.05, 4.69) is 27.1 Å². The molecule has 5 nitrogen and oxygen atoms in total. The van der Waals surface area contributed by atoms with Gasteiger partial charge in [0.05, 0.1) is 0 Å². The van der Waals surface area contributed by atoms with Crippen LogP contribution in [0.25, 0.3) is 0 Å². The van der Waals surface area contributed by atoms with Gasteiger partial charge in [-0.3, -0.25) is 4.79 Å². The summed E-state index contributed by atoms with van der Waals surface area (Å²) in [7, 11) is 0. The van der Waals surface area contributed by atoms with Gasteiger partial charge < -0.3 is 15.2 Å². The second kappa shape index (κ2) is 6.19. The van der Waals surface area contributed by atoms with Crippen molar-refractivity contribution in [2.75, 3.05) is 31.5 Å². The Morgan fingerprint density at radius 3 is 3.00 bits per heavy atom. The van der Waals surface area contributed by atoms with Crippen LogP contribution in [0.5, 0.6) is 0 Å². The van der Waals surface area contributed by atoms with Gasteiger partial charge >= 0.3 is 0 Å². The Bertz CT molecular complexity index is 469. The fourth-order valence-electron chi connectivity index (χ4n) is 2.46. The summed E-state index contributed by atoms with van der Waals surface area (Å²) in [5, 5.41) is 3.31. The topological polar surface area (TPSA) is 61.0 Å². The Morgan fingerprint density at radius 2 is 2.37 bits per heavy atom. The van der Waals surface area contributed by atoms with Crippen molar-refractivity contribution in [3.05, 3.63) is 22.2 Å². The summed E-state index contributed by atoms with van der Waals surface area (Å²) in [6, 6.07) is 1.54. The first-order valence-electron chi connectivity index (χ1n) is 7.16. The minimum Gasteiger partial charge on any atom is -0.370 e. The molecule has 0 aromatic carbocycles. The largest absolute Gasteiger partial charge is 0.370 e. The van der Waals surface area contributed by atoms with Crippen LogP contribution in [0.4, 0.5) is 5.82 Å². The number of rotatable bonds is 5. The van der Waals surface area contributed by atoms with E-state index in [1.807, 2.05) is 13.8 Å². The molecule has 0 aliphatic carbocycles. The zero-order chi connectivity index (χ0) is 13.8. The average Bonchev–Trinajstić information content (AvgIpc) is 2.83. The molecule has 1 atom stereocenters. The van der Waals surface area contributed by atoms with Crippen molar-refractivity contribution in [2.24, 2.45) is 5.92 Å². The van der Waals surface area contributed by atoms with Crippen LogP contribution in [-0.2, 0) is 0 Å². The molecular weight excluding hydrogens is 240 g/mol. The summed E-state index contributed by atoms with van der Waals surface area (Å²) >= 11 is 0. The standard InChI is InChI=1S/C14H24N4O/c1-4-18-6-5-11(9-18)8-15-12-7-13(19)17-14(16-12)10(2)3/h7,10-11H,4-6,8-9H2,1-3H3,(H2,15,16,17,19). The Kier molecular flexibility index (Phi) is 4.58. The van der Waals surface area contributed by atoms with Crippen LogP contribution in [-0.4, -0.2) is 41.0 Å². The molecule has 1 aromatic heterocycles. The SMILES string of the molecule is CCN1CCC(CNc2cc(=O)[nH]c(C(C)C)n2)C1. The molecule has 1 aliphatic rings. The molecule has 1 saturated heterocycles. The van der Waals surface area contributed by atoms with Gasteiger partial charge in [0.2, 0.25) is 0 Å². The smallest absolute Gasteiger partial charge is 0.252 e. The maximum atomic E-state index is 11.6. The molecule has 0 radical (unpaired) electrons. The second-order valence-electron chi connectivity index (χ2n) is 5.60. The highest BCUT2D eigenvalue weighted by atomic mass is 16.1. The van der Waals surface area contributed by atoms with E-state index in [1.165, 1.54) is 13.0 Å². The Morgan fingerprint density at radius 1 is 1.58 bits per heavy atom. The van der Waals surface area contributed by atoms with Crippen molar-refractivity contribution in [1.82, 2.24) is 14.9 Å². The van der Waals surface area contributed by atoms with Crippen molar-refractivity contribution in [3.63, 3.8) is 0 Å². The summed E-state index contributed by atoms with van der Waals surface area (Å²) in [4.78, 5) is 21.3. The van der Waals surface area contributed by atoms with Gasteiger partial charge in [-0.05, 0) is 25.4 Å². The van der Waals surface area contributed by atoms with E-state index in [1.54, 1.807) is 6.07 Å². The van der Waals surface area contributed by atoms with Crippen LogP contribution in [0, 0.1) is 5.92 Å². The van der Waals surface area contributed by atoms with Gasteiger partial charge in [-0.2, -0.15) is 0 Å². The van der Waals surface area contributed by atoms with E-state index in [0.717, 1.165) is 25.5 Å². The molecule has 5 heteroatoms. The molecule has 106 valence electrons. The van der Waals surface area contributed by atoms with Crippen LogP contribution < -0.4 is 10.9 Å². The quantitative estimate of drug-likeness (QED) is 0.849. The van der Waals surface area contributed by atoms with Crippen molar-refractivity contribution < 1.29 is 0 Å². The molecule has 19 heavy (non-hydrogen) atoms. The van der Waals surface area contributed by atoms with Crippen molar-refractivity contribution >= 4 is 5.82 Å². The molecule has 0 spiro atoms. The lowest BCUT2D eigenvalue weighted by molar-refractivity contribution is 0.345. The van der Waals surface area contributed by atoms with Crippen LogP contribution in [0.2, 0.25) is 0 Å². The fraction of sp³-hybridized carbons (Fsp3) is 0.714. The maximum Gasteiger partial charge on any atom is 0.252 e. The molecule has 2 N–H and O–H groups in total. The third-order valence-electron chi connectivity index (χ3n) is 3.70. The molecule has 0 amide bonds. The van der Waals surface area contributed by atoms with Gasteiger partial charge in [-0.25, -0.2) is 4.98 Å². The Labute approximate surface area is 114 Å². The number of aromatic amines is 1. The van der Waals surface area contributed by atoms with Crippen LogP contribution in [0.1, 0.15) is 38.9 Å². The lowest BCUT2D eigenvalue weighted by Gasteiger charge is -2.14. The van der Waals surface area contributed by atoms with Crippen LogP contribution in [0.15, 0.2) is 10.9 Å². The van der Waals surface area contributed by atoms with E-state index in [-0.39, 0.29) is 11.5 Å². The molecule has 1 unspecified atom stereocenters. The molecule has 0 bridgehead atoms. The number of nitrogens with one attached hydrogen (secondary N) is 2. The highest BCUT2D eigenvalue weighted by Gasteiger charge is 2.20. The fourth-order valence-corrected chi connectivity index (χ4v) is 2.46. The number of H-pyrrole nitrogens is 1. The second-order valence-corrected chi connectivity index (χ2v) is 5.60. The lowest BCUT2D eigenvalue weighted by atomic mass is 10.1. The zero-order valence-corrected chi connectivity index (χ0v) is 12.1. The predicted molar refractivity (Wildman–Crippen MR) is 77.7 cm³/mol. The summed E-state index contributed by atoms with van der Waals surface area (Å²) in [5.41, 5.74) is -0.0807. The summed E-state index contributed by atoms with van der Waals surface area (Å²) < 4.78 is 0. The molecule has 1 aliphatic heterocycles. The summed E-state index contributed by atoms with van der Waals surface area (Å²) in [6.45, 7) is 10.6. The van der Waals surface area contributed by atoms with Gasteiger partial charge in [0.25, 0.3) is 5.56 Å². The van der Waals surface area contributed by atoms with E-state index >= 15 is 0 Å². The molecular formula is C14H24N4O. The van der Waals surface area contributed by atoms with E-state index < -0.39 is 0 Å². The predicted octanol–water partition coefficient (Wildman–Crippen LogP) is 1.65. The maximum absolute atomic E-state index is 11.6.